The largest absolute Gasteiger partial charge is 0.349 e. The molecule has 3 aromatic rings. The van der Waals surface area contributed by atoms with Crippen LogP contribution in [-0.2, 0) is 24.8 Å². The standard InChI is InChI=1S/C18H21N5O/c1-22-17-8-4-6-15(14(17)12-19-22)21-18(24)9-10-23-16-7-3-2-5-13(16)11-20-23/h2-3,5,7,11-12,15H,4,6,8-10H2,1H3,(H,21,24)/t15-/m1/s1. The Morgan fingerprint density at radius 3 is 3.08 bits per heavy atom. The zero-order chi connectivity index (χ0) is 16.5. The van der Waals surface area contributed by atoms with Gasteiger partial charge in [0.25, 0.3) is 0 Å². The smallest absolute Gasteiger partial charge is 0.222 e. The number of hydrogen-bond donors (Lipinski definition) is 1. The maximum absolute atomic E-state index is 12.4. The maximum Gasteiger partial charge on any atom is 0.222 e. The van der Waals surface area contributed by atoms with Gasteiger partial charge >= 0.3 is 0 Å². The zero-order valence-corrected chi connectivity index (χ0v) is 13.8. The van der Waals surface area contributed by atoms with Crippen LogP contribution in [0.25, 0.3) is 10.9 Å². The molecular weight excluding hydrogens is 302 g/mol. The predicted octanol–water partition coefficient (Wildman–Crippen LogP) is 2.35. The van der Waals surface area contributed by atoms with Crippen LogP contribution in [0.5, 0.6) is 0 Å². The van der Waals surface area contributed by atoms with Crippen molar-refractivity contribution in [1.29, 1.82) is 0 Å². The Hall–Kier alpha value is -2.63. The maximum atomic E-state index is 12.4. The SMILES string of the molecule is Cn1ncc2c1CCC[C@H]2NC(=O)CCn1ncc2ccccc21. The summed E-state index contributed by atoms with van der Waals surface area (Å²) in [6.45, 7) is 0.589. The number of para-hydroxylation sites is 1. The molecule has 0 radical (unpaired) electrons. The predicted molar refractivity (Wildman–Crippen MR) is 91.4 cm³/mol. The number of aromatic nitrogens is 4. The normalized spacial score (nSPS) is 17.0. The van der Waals surface area contributed by atoms with Crippen LogP contribution in [0.15, 0.2) is 36.7 Å². The van der Waals surface area contributed by atoms with Gasteiger partial charge in [0.2, 0.25) is 5.91 Å². The van der Waals surface area contributed by atoms with Crippen molar-refractivity contribution in [3.8, 4) is 0 Å². The molecule has 0 fully saturated rings. The fourth-order valence-corrected chi connectivity index (χ4v) is 3.53. The third kappa shape index (κ3) is 2.68. The van der Waals surface area contributed by atoms with E-state index in [1.54, 1.807) is 0 Å². The van der Waals surface area contributed by atoms with Crippen LogP contribution in [0, 0.1) is 0 Å². The van der Waals surface area contributed by atoms with Gasteiger partial charge in [-0.15, -0.1) is 0 Å². The minimum atomic E-state index is 0.0660. The summed E-state index contributed by atoms with van der Waals surface area (Å²) in [5, 5.41) is 13.0. The van der Waals surface area contributed by atoms with Gasteiger partial charge in [-0.05, 0) is 25.3 Å². The van der Waals surface area contributed by atoms with E-state index in [2.05, 4.69) is 15.5 Å². The van der Waals surface area contributed by atoms with Crippen molar-refractivity contribution >= 4 is 16.8 Å². The number of benzene rings is 1. The van der Waals surface area contributed by atoms with Gasteiger partial charge in [-0.3, -0.25) is 14.2 Å². The Balaban J connectivity index is 1.41. The van der Waals surface area contributed by atoms with Crippen LogP contribution in [0.3, 0.4) is 0 Å². The minimum absolute atomic E-state index is 0.0660. The highest BCUT2D eigenvalue weighted by Gasteiger charge is 2.24. The molecule has 1 amide bonds. The molecule has 1 N–H and O–H groups in total. The second kappa shape index (κ2) is 6.11. The molecule has 2 aromatic heterocycles. The lowest BCUT2D eigenvalue weighted by molar-refractivity contribution is -0.122. The number of fused-ring (bicyclic) bond motifs is 2. The van der Waals surface area contributed by atoms with Crippen LogP contribution in [0.2, 0.25) is 0 Å². The number of carbonyl (C=O) groups is 1. The van der Waals surface area contributed by atoms with Gasteiger partial charge in [-0.1, -0.05) is 18.2 Å². The zero-order valence-electron chi connectivity index (χ0n) is 13.8. The van der Waals surface area contributed by atoms with Gasteiger partial charge in [0.05, 0.1) is 30.5 Å². The van der Waals surface area contributed by atoms with Gasteiger partial charge in [-0.25, -0.2) is 0 Å². The monoisotopic (exact) mass is 323 g/mol. The summed E-state index contributed by atoms with van der Waals surface area (Å²) in [5.41, 5.74) is 3.48. The Labute approximate surface area is 140 Å². The van der Waals surface area contributed by atoms with Crippen LogP contribution in [0.1, 0.15) is 36.6 Å². The third-order valence-corrected chi connectivity index (χ3v) is 4.81. The van der Waals surface area contributed by atoms with Gasteiger partial charge in [0.1, 0.15) is 0 Å². The van der Waals surface area contributed by atoms with E-state index >= 15 is 0 Å². The first-order valence-electron chi connectivity index (χ1n) is 8.43. The molecule has 1 aromatic carbocycles. The van der Waals surface area contributed by atoms with Crippen LogP contribution >= 0.6 is 0 Å². The molecule has 124 valence electrons. The Morgan fingerprint density at radius 2 is 2.17 bits per heavy atom. The highest BCUT2D eigenvalue weighted by atomic mass is 16.1. The van der Waals surface area contributed by atoms with Crippen LogP contribution in [0.4, 0.5) is 0 Å². The summed E-state index contributed by atoms with van der Waals surface area (Å²) in [4.78, 5) is 12.4. The third-order valence-electron chi connectivity index (χ3n) is 4.81. The van der Waals surface area contributed by atoms with Gasteiger partial charge in [0, 0.05) is 30.1 Å². The summed E-state index contributed by atoms with van der Waals surface area (Å²) >= 11 is 0. The van der Waals surface area contributed by atoms with Crippen molar-refractivity contribution in [2.45, 2.75) is 38.3 Å². The molecule has 1 atom stereocenters. The first-order chi connectivity index (χ1) is 11.7. The number of carbonyl (C=O) groups excluding carboxylic acids is 1. The number of rotatable bonds is 4. The highest BCUT2D eigenvalue weighted by molar-refractivity contribution is 5.79. The molecule has 0 aliphatic heterocycles. The molecule has 0 bridgehead atoms. The molecule has 4 rings (SSSR count). The summed E-state index contributed by atoms with van der Waals surface area (Å²) in [6.07, 6.45) is 7.27. The first kappa shape index (κ1) is 14.9. The van der Waals surface area contributed by atoms with Crippen molar-refractivity contribution < 1.29 is 4.79 Å². The molecule has 0 unspecified atom stereocenters. The molecule has 1 aliphatic carbocycles. The first-order valence-corrected chi connectivity index (χ1v) is 8.43. The van der Waals surface area contributed by atoms with Gasteiger partial charge < -0.3 is 5.32 Å². The average Bonchev–Trinajstić information content (AvgIpc) is 3.18. The molecule has 1 aliphatic rings. The van der Waals surface area contributed by atoms with E-state index in [4.69, 9.17) is 0 Å². The molecule has 0 saturated heterocycles. The Morgan fingerprint density at radius 1 is 1.29 bits per heavy atom. The average molecular weight is 323 g/mol. The van der Waals surface area contributed by atoms with Crippen molar-refractivity contribution in [3.63, 3.8) is 0 Å². The summed E-state index contributed by atoms with van der Waals surface area (Å²) in [5.74, 6) is 0.0660. The number of nitrogens with one attached hydrogen (secondary N) is 1. The number of aryl methyl sites for hydroxylation is 2. The fourth-order valence-electron chi connectivity index (χ4n) is 3.53. The van der Waals surface area contributed by atoms with E-state index in [9.17, 15) is 4.79 Å². The molecule has 6 nitrogen and oxygen atoms in total. The van der Waals surface area contributed by atoms with Crippen LogP contribution < -0.4 is 5.32 Å². The molecule has 2 heterocycles. The van der Waals surface area contributed by atoms with Gasteiger partial charge in [-0.2, -0.15) is 10.2 Å². The highest BCUT2D eigenvalue weighted by Crippen LogP contribution is 2.29. The summed E-state index contributed by atoms with van der Waals surface area (Å²) in [7, 11) is 1.96. The number of hydrogen-bond acceptors (Lipinski definition) is 3. The Kier molecular flexibility index (Phi) is 3.80. The molecule has 24 heavy (non-hydrogen) atoms. The van der Waals surface area contributed by atoms with E-state index in [1.807, 2.05) is 53.1 Å². The lowest BCUT2D eigenvalue weighted by Gasteiger charge is -2.23. The number of amides is 1. The van der Waals surface area contributed by atoms with Gasteiger partial charge in [0.15, 0.2) is 0 Å². The minimum Gasteiger partial charge on any atom is -0.349 e. The topological polar surface area (TPSA) is 64.7 Å². The summed E-state index contributed by atoms with van der Waals surface area (Å²) in [6, 6.07) is 8.14. The van der Waals surface area contributed by atoms with E-state index in [1.165, 1.54) is 11.3 Å². The van der Waals surface area contributed by atoms with Crippen molar-refractivity contribution in [3.05, 3.63) is 47.9 Å². The number of nitrogens with zero attached hydrogens (tertiary/aromatic N) is 4. The van der Waals surface area contributed by atoms with E-state index < -0.39 is 0 Å². The lowest BCUT2D eigenvalue weighted by Crippen LogP contribution is -2.31. The van der Waals surface area contributed by atoms with Crippen molar-refractivity contribution in [2.24, 2.45) is 7.05 Å². The van der Waals surface area contributed by atoms with E-state index in [0.717, 1.165) is 30.2 Å². The molecule has 0 saturated carbocycles. The van der Waals surface area contributed by atoms with Crippen molar-refractivity contribution in [2.75, 3.05) is 0 Å². The van der Waals surface area contributed by atoms with E-state index in [0.29, 0.717) is 13.0 Å². The molecular formula is C18H21N5O. The second-order valence-corrected chi connectivity index (χ2v) is 6.36. The second-order valence-electron chi connectivity index (χ2n) is 6.36. The molecule has 6 heteroatoms. The van der Waals surface area contributed by atoms with Crippen molar-refractivity contribution in [1.82, 2.24) is 24.9 Å². The quantitative estimate of drug-likeness (QED) is 0.801. The van der Waals surface area contributed by atoms with Crippen LogP contribution in [-0.4, -0.2) is 25.5 Å². The van der Waals surface area contributed by atoms with E-state index in [-0.39, 0.29) is 11.9 Å². The molecule has 0 spiro atoms. The Bertz CT molecular complexity index is 879. The summed E-state index contributed by atoms with van der Waals surface area (Å²) < 4.78 is 3.81. The fraction of sp³-hybridized carbons (Fsp3) is 0.389. The lowest BCUT2D eigenvalue weighted by atomic mass is 9.93.